The zero-order valence-corrected chi connectivity index (χ0v) is 11.3. The summed E-state index contributed by atoms with van der Waals surface area (Å²) < 4.78 is 31.0. The first-order valence-corrected chi connectivity index (χ1v) is 7.21. The van der Waals surface area contributed by atoms with Gasteiger partial charge in [0.05, 0.1) is 16.8 Å². The van der Waals surface area contributed by atoms with E-state index in [2.05, 4.69) is 15.8 Å². The molecular formula is C11H14N4O3S. The van der Waals surface area contributed by atoms with Gasteiger partial charge in [-0.1, -0.05) is 0 Å². The molecule has 102 valence electrons. The van der Waals surface area contributed by atoms with Crippen molar-refractivity contribution in [2.24, 2.45) is 5.10 Å². The summed E-state index contributed by atoms with van der Waals surface area (Å²) in [5.74, 6) is 0.513. The normalized spacial score (nSPS) is 24.2. The third-order valence-corrected chi connectivity index (χ3v) is 4.88. The maximum Gasteiger partial charge on any atom is 0.242 e. The molecule has 1 aromatic carbocycles. The predicted molar refractivity (Wildman–Crippen MR) is 70.8 cm³/mol. The summed E-state index contributed by atoms with van der Waals surface area (Å²) in [7, 11) is -0.461. The quantitative estimate of drug-likeness (QED) is 0.799. The van der Waals surface area contributed by atoms with Gasteiger partial charge in [-0.15, -0.1) is 0 Å². The Morgan fingerprint density at radius 3 is 2.89 bits per heavy atom. The van der Waals surface area contributed by atoms with Crippen LogP contribution in [-0.4, -0.2) is 45.3 Å². The van der Waals surface area contributed by atoms with Crippen molar-refractivity contribution >= 4 is 21.9 Å². The Bertz CT molecular complexity index is 641. The monoisotopic (exact) mass is 282 g/mol. The SMILES string of the molecule is CN(C)S(=O)(=O)c1ccc2c(c1)O[C@@H]1C=NN[C@H]1N2. The van der Waals surface area contributed by atoms with Crippen LogP contribution in [0.1, 0.15) is 0 Å². The summed E-state index contributed by atoms with van der Waals surface area (Å²) in [6.45, 7) is 0. The first-order chi connectivity index (χ1) is 8.98. The maximum absolute atomic E-state index is 12.1. The molecule has 3 rings (SSSR count). The Labute approximate surface area is 111 Å². The van der Waals surface area contributed by atoms with Crippen molar-refractivity contribution in [2.45, 2.75) is 17.2 Å². The molecule has 19 heavy (non-hydrogen) atoms. The summed E-state index contributed by atoms with van der Waals surface area (Å²) in [4.78, 5) is 0.208. The van der Waals surface area contributed by atoms with Crippen molar-refractivity contribution in [2.75, 3.05) is 19.4 Å². The van der Waals surface area contributed by atoms with Crippen molar-refractivity contribution in [3.63, 3.8) is 0 Å². The average molecular weight is 282 g/mol. The molecule has 0 radical (unpaired) electrons. The van der Waals surface area contributed by atoms with Gasteiger partial charge in [0.25, 0.3) is 0 Å². The molecule has 0 saturated heterocycles. The number of hydrazone groups is 1. The number of benzene rings is 1. The number of hydrogen-bond donors (Lipinski definition) is 2. The third-order valence-electron chi connectivity index (χ3n) is 3.07. The van der Waals surface area contributed by atoms with Gasteiger partial charge in [0, 0.05) is 20.2 Å². The summed E-state index contributed by atoms with van der Waals surface area (Å²) in [5, 5.41) is 7.12. The number of fused-ring (bicyclic) bond motifs is 2. The largest absolute Gasteiger partial charge is 0.478 e. The van der Waals surface area contributed by atoms with Crippen molar-refractivity contribution < 1.29 is 13.2 Å². The predicted octanol–water partition coefficient (Wildman–Crippen LogP) is 0.0249. The fraction of sp³-hybridized carbons (Fsp3) is 0.364. The molecule has 8 heteroatoms. The van der Waals surface area contributed by atoms with E-state index in [1.54, 1.807) is 18.3 Å². The van der Waals surface area contributed by atoms with E-state index in [4.69, 9.17) is 4.74 Å². The molecule has 0 aromatic heterocycles. The van der Waals surface area contributed by atoms with E-state index >= 15 is 0 Å². The van der Waals surface area contributed by atoms with E-state index in [1.165, 1.54) is 24.5 Å². The van der Waals surface area contributed by atoms with E-state index < -0.39 is 10.0 Å². The number of nitrogens with zero attached hydrogens (tertiary/aromatic N) is 2. The van der Waals surface area contributed by atoms with Gasteiger partial charge in [0.15, 0.2) is 12.3 Å². The van der Waals surface area contributed by atoms with Crippen LogP contribution in [0.3, 0.4) is 0 Å². The van der Waals surface area contributed by atoms with Gasteiger partial charge in [-0.2, -0.15) is 5.10 Å². The molecule has 0 spiro atoms. The van der Waals surface area contributed by atoms with E-state index in [-0.39, 0.29) is 17.2 Å². The number of ether oxygens (including phenoxy) is 1. The van der Waals surface area contributed by atoms with Crippen LogP contribution < -0.4 is 15.5 Å². The van der Waals surface area contributed by atoms with Gasteiger partial charge in [-0.25, -0.2) is 12.7 Å². The lowest BCUT2D eigenvalue weighted by Crippen LogP contribution is -2.45. The highest BCUT2D eigenvalue weighted by atomic mass is 32.2. The van der Waals surface area contributed by atoms with Crippen molar-refractivity contribution in [1.82, 2.24) is 9.73 Å². The second kappa shape index (κ2) is 4.10. The fourth-order valence-corrected chi connectivity index (χ4v) is 2.89. The summed E-state index contributed by atoms with van der Waals surface area (Å²) >= 11 is 0. The number of sulfonamides is 1. The molecule has 2 aliphatic rings. The molecule has 0 saturated carbocycles. The minimum absolute atomic E-state index is 0.108. The minimum atomic E-state index is -3.46. The number of rotatable bonds is 2. The summed E-state index contributed by atoms with van der Waals surface area (Å²) in [6, 6.07) is 4.78. The van der Waals surface area contributed by atoms with Crippen LogP contribution in [0.25, 0.3) is 0 Å². The average Bonchev–Trinajstić information content (AvgIpc) is 2.82. The molecule has 2 N–H and O–H groups in total. The number of nitrogens with one attached hydrogen (secondary N) is 2. The minimum Gasteiger partial charge on any atom is -0.478 e. The summed E-state index contributed by atoms with van der Waals surface area (Å²) in [6.07, 6.45) is 1.31. The van der Waals surface area contributed by atoms with Gasteiger partial charge in [-0.3, -0.25) is 5.43 Å². The lowest BCUT2D eigenvalue weighted by molar-refractivity contribution is 0.232. The molecular weight excluding hydrogens is 268 g/mol. The van der Waals surface area contributed by atoms with E-state index in [0.717, 1.165) is 5.69 Å². The number of hydrogen-bond acceptors (Lipinski definition) is 6. The summed E-state index contributed by atoms with van der Waals surface area (Å²) in [5.41, 5.74) is 3.62. The van der Waals surface area contributed by atoms with E-state index in [9.17, 15) is 8.42 Å². The van der Waals surface area contributed by atoms with Crippen molar-refractivity contribution in [3.8, 4) is 5.75 Å². The molecule has 0 aliphatic carbocycles. The molecule has 2 heterocycles. The van der Waals surface area contributed by atoms with Gasteiger partial charge in [-0.05, 0) is 12.1 Å². The molecule has 2 atom stereocenters. The Hall–Kier alpha value is -1.80. The second-order valence-corrected chi connectivity index (χ2v) is 6.71. The lowest BCUT2D eigenvalue weighted by Gasteiger charge is -2.29. The Morgan fingerprint density at radius 2 is 2.16 bits per heavy atom. The van der Waals surface area contributed by atoms with Crippen LogP contribution >= 0.6 is 0 Å². The zero-order valence-electron chi connectivity index (χ0n) is 10.5. The first kappa shape index (κ1) is 12.2. The Kier molecular flexibility index (Phi) is 2.64. The standard InChI is InChI=1S/C11H14N4O3S/c1-15(2)19(16,17)7-3-4-8-9(5-7)18-10-6-12-14-11(10)13-8/h3-6,10-11,13-14H,1-2H3/t10-,11-/m1/s1. The van der Waals surface area contributed by atoms with Crippen molar-refractivity contribution in [3.05, 3.63) is 18.2 Å². The van der Waals surface area contributed by atoms with Crippen LogP contribution in [0.4, 0.5) is 5.69 Å². The highest BCUT2D eigenvalue weighted by Crippen LogP contribution is 2.34. The first-order valence-electron chi connectivity index (χ1n) is 5.77. The molecule has 0 amide bonds. The molecule has 1 aromatic rings. The molecule has 0 unspecified atom stereocenters. The maximum atomic E-state index is 12.1. The Balaban J connectivity index is 1.99. The molecule has 0 fully saturated rings. The van der Waals surface area contributed by atoms with Crippen LogP contribution in [0.5, 0.6) is 5.75 Å². The van der Waals surface area contributed by atoms with Crippen LogP contribution in [0.2, 0.25) is 0 Å². The van der Waals surface area contributed by atoms with Crippen molar-refractivity contribution in [1.29, 1.82) is 0 Å². The smallest absolute Gasteiger partial charge is 0.242 e. The van der Waals surface area contributed by atoms with Crippen LogP contribution in [-0.2, 0) is 10.0 Å². The zero-order chi connectivity index (χ0) is 13.6. The second-order valence-electron chi connectivity index (χ2n) is 4.56. The van der Waals surface area contributed by atoms with Gasteiger partial charge in [0.2, 0.25) is 10.0 Å². The number of anilines is 1. The third kappa shape index (κ3) is 1.92. The van der Waals surface area contributed by atoms with E-state index in [1.807, 2.05) is 0 Å². The van der Waals surface area contributed by atoms with Crippen LogP contribution in [0, 0.1) is 0 Å². The molecule has 2 aliphatic heterocycles. The fourth-order valence-electron chi connectivity index (χ4n) is 1.97. The topological polar surface area (TPSA) is 83.0 Å². The van der Waals surface area contributed by atoms with Gasteiger partial charge < -0.3 is 10.1 Å². The van der Waals surface area contributed by atoms with Gasteiger partial charge in [0.1, 0.15) is 5.75 Å². The van der Waals surface area contributed by atoms with E-state index in [0.29, 0.717) is 5.75 Å². The highest BCUT2D eigenvalue weighted by Gasteiger charge is 2.32. The molecule has 0 bridgehead atoms. The van der Waals surface area contributed by atoms with Crippen LogP contribution in [0.15, 0.2) is 28.2 Å². The highest BCUT2D eigenvalue weighted by molar-refractivity contribution is 7.89. The Morgan fingerprint density at radius 1 is 1.37 bits per heavy atom. The lowest BCUT2D eigenvalue weighted by atomic mass is 10.2. The molecule has 7 nitrogen and oxygen atoms in total. The van der Waals surface area contributed by atoms with Gasteiger partial charge >= 0.3 is 0 Å².